The zero-order valence-corrected chi connectivity index (χ0v) is 10.7. The lowest BCUT2D eigenvalue weighted by Gasteiger charge is -2.05. The van der Waals surface area contributed by atoms with E-state index in [1.165, 1.54) is 17.3 Å². The van der Waals surface area contributed by atoms with Crippen LogP contribution in [0.3, 0.4) is 0 Å². The fourth-order valence-electron chi connectivity index (χ4n) is 1.57. The van der Waals surface area contributed by atoms with E-state index in [0.717, 1.165) is 9.79 Å². The third kappa shape index (κ3) is 2.71. The predicted octanol–water partition coefficient (Wildman–Crippen LogP) is 3.89. The van der Waals surface area contributed by atoms with Crippen LogP contribution in [-0.4, -0.2) is 0 Å². The fraction of sp³-hybridized carbons (Fsp3) is 0.0667. The minimum atomic E-state index is 0.573. The Morgan fingerprint density at radius 2 is 1.83 bits per heavy atom. The van der Waals surface area contributed by atoms with Crippen molar-refractivity contribution in [3.63, 3.8) is 0 Å². The molecule has 0 heterocycles. The van der Waals surface area contributed by atoms with Crippen molar-refractivity contribution in [2.45, 2.75) is 16.7 Å². The molecule has 0 saturated heterocycles. The lowest BCUT2D eigenvalue weighted by Crippen LogP contribution is -1.84. The van der Waals surface area contributed by atoms with Crippen LogP contribution in [0.15, 0.2) is 52.3 Å². The summed E-state index contributed by atoms with van der Waals surface area (Å²) in [7, 11) is 0. The first-order valence-electron chi connectivity index (χ1n) is 5.41. The summed E-state index contributed by atoms with van der Waals surface area (Å²) in [4.78, 5) is 1.89. The Balaban J connectivity index is 2.40. The summed E-state index contributed by atoms with van der Waals surface area (Å²) in [5.74, 6) is 0. The van der Waals surface area contributed by atoms with Crippen molar-refractivity contribution >= 4 is 11.8 Å². The Morgan fingerprint density at radius 1 is 1.00 bits per heavy atom. The molecule has 18 heavy (non-hydrogen) atoms. The van der Waals surface area contributed by atoms with Gasteiger partial charge in [0.15, 0.2) is 0 Å². The quantitative estimate of drug-likeness (QED) is 0.812. The first-order chi connectivity index (χ1) is 8.72. The van der Waals surface area contributed by atoms with E-state index in [2.05, 4.69) is 18.2 Å². The lowest BCUT2D eigenvalue weighted by atomic mass is 10.2. The third-order valence-electron chi connectivity index (χ3n) is 2.45. The zero-order chi connectivity index (χ0) is 13.0. The molecule has 86 valence electrons. The van der Waals surface area contributed by atoms with Gasteiger partial charge in [-0.1, -0.05) is 29.5 Å². The van der Waals surface area contributed by atoms with Gasteiger partial charge in [0, 0.05) is 9.79 Å². The molecule has 2 nitrogen and oxygen atoms in total. The Hall–Kier alpha value is -2.23. The molecule has 2 aromatic rings. The van der Waals surface area contributed by atoms with Crippen molar-refractivity contribution in [3.8, 4) is 12.1 Å². The number of nitriles is 2. The highest BCUT2D eigenvalue weighted by molar-refractivity contribution is 7.99. The molecule has 0 amide bonds. The summed E-state index contributed by atoms with van der Waals surface area (Å²) in [5, 5.41) is 18.0. The van der Waals surface area contributed by atoms with Gasteiger partial charge in [-0.05, 0) is 37.3 Å². The Kier molecular flexibility index (Phi) is 3.67. The first-order valence-corrected chi connectivity index (χ1v) is 6.23. The maximum atomic E-state index is 9.07. The minimum Gasteiger partial charge on any atom is -0.192 e. The topological polar surface area (TPSA) is 47.6 Å². The minimum absolute atomic E-state index is 0.573. The largest absolute Gasteiger partial charge is 0.192 e. The molecule has 0 radical (unpaired) electrons. The zero-order valence-electron chi connectivity index (χ0n) is 9.84. The van der Waals surface area contributed by atoms with E-state index >= 15 is 0 Å². The third-order valence-corrected chi connectivity index (χ3v) is 3.50. The lowest BCUT2D eigenvalue weighted by molar-refractivity contribution is 1.31. The van der Waals surface area contributed by atoms with E-state index < -0.39 is 0 Å². The van der Waals surface area contributed by atoms with Crippen LogP contribution >= 0.6 is 11.8 Å². The molecule has 0 aliphatic heterocycles. The summed E-state index contributed by atoms with van der Waals surface area (Å²) in [6.07, 6.45) is 0. The van der Waals surface area contributed by atoms with Gasteiger partial charge in [-0.25, -0.2) is 0 Å². The van der Waals surface area contributed by atoms with E-state index in [0.29, 0.717) is 11.1 Å². The van der Waals surface area contributed by atoms with Gasteiger partial charge in [0.05, 0.1) is 17.2 Å². The van der Waals surface area contributed by atoms with Crippen molar-refractivity contribution < 1.29 is 0 Å². The smallest absolute Gasteiger partial charge is 0.100 e. The second-order valence-corrected chi connectivity index (χ2v) is 4.97. The number of rotatable bonds is 2. The molecule has 0 atom stereocenters. The second-order valence-electron chi connectivity index (χ2n) is 3.85. The van der Waals surface area contributed by atoms with Gasteiger partial charge in [-0.3, -0.25) is 0 Å². The summed E-state index contributed by atoms with van der Waals surface area (Å²) >= 11 is 1.51. The molecule has 2 rings (SSSR count). The van der Waals surface area contributed by atoms with Crippen LogP contribution in [0, 0.1) is 29.6 Å². The second kappa shape index (κ2) is 5.40. The molecule has 0 aromatic heterocycles. The molecular formula is C15H10N2S. The fourth-order valence-corrected chi connectivity index (χ4v) is 2.63. The summed E-state index contributed by atoms with van der Waals surface area (Å²) in [6, 6.07) is 17.4. The normalized spacial score (nSPS) is 9.50. The standard InChI is InChI=1S/C15H10N2S/c1-11-3-2-4-14(7-11)18-15-8-12(9-16)5-6-13(15)10-17/h2-8H,1H3. The van der Waals surface area contributed by atoms with Crippen molar-refractivity contribution in [1.29, 1.82) is 10.5 Å². The van der Waals surface area contributed by atoms with Gasteiger partial charge in [-0.15, -0.1) is 0 Å². The Labute approximate surface area is 110 Å². The van der Waals surface area contributed by atoms with Gasteiger partial charge in [0.1, 0.15) is 6.07 Å². The average molecular weight is 250 g/mol. The van der Waals surface area contributed by atoms with E-state index in [9.17, 15) is 0 Å². The monoisotopic (exact) mass is 250 g/mol. The van der Waals surface area contributed by atoms with E-state index in [1.54, 1.807) is 18.2 Å². The summed E-state index contributed by atoms with van der Waals surface area (Å²) in [6.45, 7) is 2.03. The SMILES string of the molecule is Cc1cccc(Sc2cc(C#N)ccc2C#N)c1. The highest BCUT2D eigenvalue weighted by Gasteiger charge is 2.05. The highest BCUT2D eigenvalue weighted by atomic mass is 32.2. The van der Waals surface area contributed by atoms with E-state index in [-0.39, 0.29) is 0 Å². The number of hydrogen-bond acceptors (Lipinski definition) is 3. The van der Waals surface area contributed by atoms with Gasteiger partial charge in [0.25, 0.3) is 0 Å². The van der Waals surface area contributed by atoms with Crippen LogP contribution in [-0.2, 0) is 0 Å². The van der Waals surface area contributed by atoms with E-state index in [4.69, 9.17) is 10.5 Å². The van der Waals surface area contributed by atoms with Gasteiger partial charge >= 0.3 is 0 Å². The molecule has 0 fully saturated rings. The van der Waals surface area contributed by atoms with Crippen molar-refractivity contribution in [3.05, 3.63) is 59.2 Å². The van der Waals surface area contributed by atoms with Crippen LogP contribution in [0.5, 0.6) is 0 Å². The average Bonchev–Trinajstić information content (AvgIpc) is 2.38. The molecular weight excluding hydrogens is 240 g/mol. The maximum absolute atomic E-state index is 9.07. The van der Waals surface area contributed by atoms with Gasteiger partial charge < -0.3 is 0 Å². The molecule has 0 aliphatic rings. The Morgan fingerprint density at radius 3 is 2.50 bits per heavy atom. The van der Waals surface area contributed by atoms with Crippen LogP contribution in [0.25, 0.3) is 0 Å². The van der Waals surface area contributed by atoms with Crippen LogP contribution in [0.2, 0.25) is 0 Å². The molecule has 0 unspecified atom stereocenters. The molecule has 0 N–H and O–H groups in total. The van der Waals surface area contributed by atoms with Crippen molar-refractivity contribution in [2.75, 3.05) is 0 Å². The highest BCUT2D eigenvalue weighted by Crippen LogP contribution is 2.31. The molecule has 0 bridgehead atoms. The van der Waals surface area contributed by atoms with Crippen molar-refractivity contribution in [2.24, 2.45) is 0 Å². The van der Waals surface area contributed by atoms with Crippen LogP contribution in [0.4, 0.5) is 0 Å². The van der Waals surface area contributed by atoms with Gasteiger partial charge in [-0.2, -0.15) is 10.5 Å². The maximum Gasteiger partial charge on any atom is 0.100 e. The number of hydrogen-bond donors (Lipinski definition) is 0. The van der Waals surface area contributed by atoms with Gasteiger partial charge in [0.2, 0.25) is 0 Å². The summed E-state index contributed by atoms with van der Waals surface area (Å²) < 4.78 is 0. The van der Waals surface area contributed by atoms with Crippen LogP contribution in [0.1, 0.15) is 16.7 Å². The molecule has 2 aromatic carbocycles. The van der Waals surface area contributed by atoms with Crippen molar-refractivity contribution in [1.82, 2.24) is 0 Å². The number of benzene rings is 2. The molecule has 0 spiro atoms. The molecule has 3 heteroatoms. The molecule has 0 saturated carbocycles. The number of aryl methyl sites for hydroxylation is 1. The predicted molar refractivity (Wildman–Crippen MR) is 71.2 cm³/mol. The van der Waals surface area contributed by atoms with Crippen LogP contribution < -0.4 is 0 Å². The molecule has 0 aliphatic carbocycles. The summed E-state index contributed by atoms with van der Waals surface area (Å²) in [5.41, 5.74) is 2.35. The number of nitrogens with zero attached hydrogens (tertiary/aromatic N) is 2. The van der Waals surface area contributed by atoms with E-state index in [1.807, 2.05) is 25.1 Å². The first kappa shape index (κ1) is 12.2. The Bertz CT molecular complexity index is 663.